The molecule has 13 heavy (non-hydrogen) atoms. The fourth-order valence-corrected chi connectivity index (χ4v) is 2.00. The number of fused-ring (bicyclic) bond motifs is 1. The number of likely N-dealkylation sites (N-methyl/N-ethyl adjacent to an activating group) is 1. The van der Waals surface area contributed by atoms with E-state index in [1.165, 1.54) is 0 Å². The lowest BCUT2D eigenvalue weighted by Crippen LogP contribution is -2.30. The minimum absolute atomic E-state index is 0.0220. The first-order valence-electron chi connectivity index (χ1n) is 4.45. The molecule has 0 amide bonds. The van der Waals surface area contributed by atoms with E-state index in [9.17, 15) is 5.11 Å². The van der Waals surface area contributed by atoms with Crippen molar-refractivity contribution in [1.82, 2.24) is 5.32 Å². The Labute approximate surface area is 77.6 Å². The summed E-state index contributed by atoms with van der Waals surface area (Å²) in [5.41, 5.74) is 8.03. The van der Waals surface area contributed by atoms with Crippen LogP contribution in [0.3, 0.4) is 0 Å². The molecule has 0 fully saturated rings. The minimum Gasteiger partial charge on any atom is -0.389 e. The maximum Gasteiger partial charge on any atom is 0.0927 e. The molecule has 2 rings (SSSR count). The van der Waals surface area contributed by atoms with E-state index < -0.39 is 6.10 Å². The second-order valence-electron chi connectivity index (χ2n) is 3.41. The van der Waals surface area contributed by atoms with Gasteiger partial charge in [-0.1, -0.05) is 24.3 Å². The lowest BCUT2D eigenvalue weighted by molar-refractivity contribution is 0.120. The van der Waals surface area contributed by atoms with Crippen LogP contribution in [0.15, 0.2) is 24.3 Å². The van der Waals surface area contributed by atoms with E-state index in [1.807, 2.05) is 31.3 Å². The fourth-order valence-electron chi connectivity index (χ4n) is 2.00. The number of nitrogens with two attached hydrogens (primary N) is 1. The van der Waals surface area contributed by atoms with E-state index in [1.54, 1.807) is 0 Å². The van der Waals surface area contributed by atoms with Crippen molar-refractivity contribution in [2.24, 2.45) is 5.73 Å². The number of aliphatic hydroxyl groups is 1. The molecule has 1 aliphatic rings. The quantitative estimate of drug-likeness (QED) is 0.580. The molecule has 1 aliphatic carbocycles. The molecule has 0 aromatic heterocycles. The third kappa shape index (κ3) is 1.16. The molecular formula is C10H14N2O. The van der Waals surface area contributed by atoms with Gasteiger partial charge in [0.15, 0.2) is 0 Å². The van der Waals surface area contributed by atoms with Crippen LogP contribution in [0.5, 0.6) is 0 Å². The monoisotopic (exact) mass is 178 g/mol. The molecule has 70 valence electrons. The van der Waals surface area contributed by atoms with E-state index in [4.69, 9.17) is 5.73 Å². The maximum atomic E-state index is 9.79. The van der Waals surface area contributed by atoms with Gasteiger partial charge in [-0.25, -0.2) is 0 Å². The molecule has 0 saturated carbocycles. The van der Waals surface area contributed by atoms with E-state index in [0.717, 1.165) is 11.1 Å². The van der Waals surface area contributed by atoms with Gasteiger partial charge >= 0.3 is 0 Å². The summed E-state index contributed by atoms with van der Waals surface area (Å²) in [7, 11) is 1.84. The predicted octanol–water partition coefficient (Wildman–Crippen LogP) is 0.321. The first-order chi connectivity index (χ1) is 6.25. The van der Waals surface area contributed by atoms with Crippen LogP contribution < -0.4 is 11.1 Å². The third-order valence-electron chi connectivity index (χ3n) is 2.71. The van der Waals surface area contributed by atoms with Crippen LogP contribution in [0, 0.1) is 0 Å². The lowest BCUT2D eigenvalue weighted by Gasteiger charge is -2.16. The van der Waals surface area contributed by atoms with Crippen molar-refractivity contribution in [3.05, 3.63) is 35.4 Å². The first kappa shape index (κ1) is 8.69. The van der Waals surface area contributed by atoms with Gasteiger partial charge in [-0.2, -0.15) is 0 Å². The van der Waals surface area contributed by atoms with Gasteiger partial charge in [-0.05, 0) is 18.2 Å². The average molecular weight is 178 g/mol. The van der Waals surface area contributed by atoms with Crippen molar-refractivity contribution < 1.29 is 5.11 Å². The van der Waals surface area contributed by atoms with E-state index in [0.29, 0.717) is 0 Å². The number of benzene rings is 1. The molecule has 0 aliphatic heterocycles. The number of hydrogen-bond acceptors (Lipinski definition) is 3. The van der Waals surface area contributed by atoms with Crippen LogP contribution in [-0.2, 0) is 0 Å². The Balaban J connectivity index is 2.47. The lowest BCUT2D eigenvalue weighted by atomic mass is 10.1. The Morgan fingerprint density at radius 3 is 2.54 bits per heavy atom. The second kappa shape index (κ2) is 3.10. The molecule has 0 radical (unpaired) electrons. The van der Waals surface area contributed by atoms with Crippen LogP contribution >= 0.6 is 0 Å². The minimum atomic E-state index is -0.512. The van der Waals surface area contributed by atoms with Crippen LogP contribution in [0.2, 0.25) is 0 Å². The van der Waals surface area contributed by atoms with Crippen LogP contribution in [0.1, 0.15) is 23.2 Å². The molecule has 0 bridgehead atoms. The Hall–Kier alpha value is -0.900. The normalized spacial score (nSPS) is 31.8. The van der Waals surface area contributed by atoms with Gasteiger partial charge in [0.2, 0.25) is 0 Å². The predicted molar refractivity (Wildman–Crippen MR) is 51.2 cm³/mol. The molecule has 3 heteroatoms. The molecule has 3 atom stereocenters. The van der Waals surface area contributed by atoms with E-state index in [-0.39, 0.29) is 12.1 Å². The standard InChI is InChI=1S/C10H14N2O/c1-12-9-7-5-3-2-4-6(7)8(11)10(9)13/h2-5,8-10,12-13H,11H2,1H3/t8-,9?,10+/m0/s1. The summed E-state index contributed by atoms with van der Waals surface area (Å²) >= 11 is 0. The summed E-state index contributed by atoms with van der Waals surface area (Å²) in [4.78, 5) is 0. The molecule has 1 aromatic carbocycles. The summed E-state index contributed by atoms with van der Waals surface area (Å²) in [5.74, 6) is 0. The zero-order valence-electron chi connectivity index (χ0n) is 7.57. The van der Waals surface area contributed by atoms with E-state index in [2.05, 4.69) is 5.32 Å². The molecule has 0 saturated heterocycles. The highest BCUT2D eigenvalue weighted by Crippen LogP contribution is 2.36. The SMILES string of the molecule is CNC1c2ccccc2[C@H](N)[C@H]1O. The summed E-state index contributed by atoms with van der Waals surface area (Å²) in [5, 5.41) is 12.9. The molecule has 1 unspecified atom stereocenters. The molecule has 0 heterocycles. The van der Waals surface area contributed by atoms with Crippen molar-refractivity contribution >= 4 is 0 Å². The Morgan fingerprint density at radius 1 is 1.31 bits per heavy atom. The Bertz CT molecular complexity index is 314. The van der Waals surface area contributed by atoms with Crippen LogP contribution in [-0.4, -0.2) is 18.3 Å². The number of aliphatic hydroxyl groups excluding tert-OH is 1. The van der Waals surface area contributed by atoms with Gasteiger partial charge in [-0.3, -0.25) is 0 Å². The molecular weight excluding hydrogens is 164 g/mol. The highest BCUT2D eigenvalue weighted by Gasteiger charge is 2.35. The summed E-state index contributed by atoms with van der Waals surface area (Å²) in [6, 6.07) is 7.62. The van der Waals surface area contributed by atoms with Crippen molar-refractivity contribution in [2.45, 2.75) is 18.2 Å². The highest BCUT2D eigenvalue weighted by molar-refractivity contribution is 5.39. The largest absolute Gasteiger partial charge is 0.389 e. The maximum absolute atomic E-state index is 9.79. The number of nitrogens with one attached hydrogen (secondary N) is 1. The van der Waals surface area contributed by atoms with Crippen molar-refractivity contribution in [3.63, 3.8) is 0 Å². The van der Waals surface area contributed by atoms with Crippen molar-refractivity contribution in [3.8, 4) is 0 Å². The van der Waals surface area contributed by atoms with Gasteiger partial charge in [0.25, 0.3) is 0 Å². The fraction of sp³-hybridized carbons (Fsp3) is 0.400. The third-order valence-corrected chi connectivity index (χ3v) is 2.71. The first-order valence-corrected chi connectivity index (χ1v) is 4.45. The molecule has 4 N–H and O–H groups in total. The summed E-state index contributed by atoms with van der Waals surface area (Å²) in [6.07, 6.45) is -0.512. The number of hydrogen-bond donors (Lipinski definition) is 3. The van der Waals surface area contributed by atoms with Gasteiger partial charge in [0.1, 0.15) is 0 Å². The van der Waals surface area contributed by atoms with Gasteiger partial charge in [0.05, 0.1) is 18.2 Å². The van der Waals surface area contributed by atoms with Crippen LogP contribution in [0.25, 0.3) is 0 Å². The van der Waals surface area contributed by atoms with Crippen LogP contribution in [0.4, 0.5) is 0 Å². The zero-order valence-corrected chi connectivity index (χ0v) is 7.57. The smallest absolute Gasteiger partial charge is 0.0927 e. The zero-order chi connectivity index (χ0) is 9.42. The van der Waals surface area contributed by atoms with Gasteiger partial charge in [0, 0.05) is 0 Å². The molecule has 3 nitrogen and oxygen atoms in total. The summed E-state index contributed by atoms with van der Waals surface area (Å²) in [6.45, 7) is 0. The van der Waals surface area contributed by atoms with Crippen molar-refractivity contribution in [2.75, 3.05) is 7.05 Å². The average Bonchev–Trinajstić information content (AvgIpc) is 2.41. The Morgan fingerprint density at radius 2 is 1.92 bits per heavy atom. The summed E-state index contributed by atoms with van der Waals surface area (Å²) < 4.78 is 0. The van der Waals surface area contributed by atoms with Crippen molar-refractivity contribution in [1.29, 1.82) is 0 Å². The Kier molecular flexibility index (Phi) is 2.07. The van der Waals surface area contributed by atoms with Gasteiger partial charge in [-0.15, -0.1) is 0 Å². The number of rotatable bonds is 1. The molecule has 1 aromatic rings. The van der Waals surface area contributed by atoms with E-state index >= 15 is 0 Å². The second-order valence-corrected chi connectivity index (χ2v) is 3.41. The molecule has 0 spiro atoms. The highest BCUT2D eigenvalue weighted by atomic mass is 16.3. The topological polar surface area (TPSA) is 58.3 Å². The van der Waals surface area contributed by atoms with Gasteiger partial charge < -0.3 is 16.2 Å².